The Balaban J connectivity index is 2.26. The fraction of sp³-hybridized carbons (Fsp3) is 0.200. The summed E-state index contributed by atoms with van der Waals surface area (Å²) in [5.41, 5.74) is 2.82. The molecule has 20 heavy (non-hydrogen) atoms. The first kappa shape index (κ1) is 14.3. The fourth-order valence-corrected chi connectivity index (χ4v) is 2.01. The van der Waals surface area contributed by atoms with Gasteiger partial charge >= 0.3 is 0 Å². The summed E-state index contributed by atoms with van der Waals surface area (Å²) in [5.74, 6) is -0.212. The number of hydrogen-bond donors (Lipinski definition) is 2. The molecule has 1 amide bonds. The van der Waals surface area contributed by atoms with E-state index in [1.165, 1.54) is 0 Å². The summed E-state index contributed by atoms with van der Waals surface area (Å²) in [6.45, 7) is 4.62. The van der Waals surface area contributed by atoms with Crippen LogP contribution >= 0.6 is 11.6 Å². The van der Waals surface area contributed by atoms with E-state index >= 15 is 0 Å². The van der Waals surface area contributed by atoms with Crippen molar-refractivity contribution in [3.05, 3.63) is 52.8 Å². The minimum Gasteiger partial charge on any atom is -0.385 e. The Bertz CT molecular complexity index is 628. The Morgan fingerprint density at radius 2 is 2.05 bits per heavy atom. The third-order valence-corrected chi connectivity index (χ3v) is 3.06. The zero-order valence-corrected chi connectivity index (χ0v) is 12.2. The minimum absolute atomic E-state index is 0.212. The standard InChI is InChI=1S/C15H16ClN3O/c1-3-17-12-7-5-4-6-11(12)15(20)19-13-8-10(2)9-18-14(13)16/h4-9,17H,3H2,1-2H3,(H,19,20). The predicted octanol–water partition coefficient (Wildman–Crippen LogP) is 3.73. The Labute approximate surface area is 123 Å². The Morgan fingerprint density at radius 1 is 1.30 bits per heavy atom. The Hall–Kier alpha value is -2.07. The minimum atomic E-state index is -0.212. The van der Waals surface area contributed by atoms with Gasteiger partial charge in [-0.3, -0.25) is 4.79 Å². The lowest BCUT2D eigenvalue weighted by atomic mass is 10.1. The maximum absolute atomic E-state index is 12.3. The van der Waals surface area contributed by atoms with E-state index in [2.05, 4.69) is 15.6 Å². The number of anilines is 2. The average molecular weight is 290 g/mol. The van der Waals surface area contributed by atoms with Gasteiger partial charge in [-0.25, -0.2) is 4.98 Å². The van der Waals surface area contributed by atoms with Crippen molar-refractivity contribution in [3.63, 3.8) is 0 Å². The first-order valence-corrected chi connectivity index (χ1v) is 6.76. The molecular weight excluding hydrogens is 274 g/mol. The summed E-state index contributed by atoms with van der Waals surface area (Å²) in [5, 5.41) is 6.23. The number of aryl methyl sites for hydroxylation is 1. The number of hydrogen-bond acceptors (Lipinski definition) is 3. The first-order valence-electron chi connectivity index (χ1n) is 6.38. The van der Waals surface area contributed by atoms with Gasteiger partial charge in [-0.1, -0.05) is 23.7 Å². The molecule has 0 spiro atoms. The van der Waals surface area contributed by atoms with Crippen LogP contribution in [-0.2, 0) is 0 Å². The summed E-state index contributed by atoms with van der Waals surface area (Å²) in [4.78, 5) is 16.4. The number of pyridine rings is 1. The van der Waals surface area contributed by atoms with Gasteiger partial charge in [0.25, 0.3) is 5.91 Å². The second-order valence-corrected chi connectivity index (χ2v) is 4.74. The molecular formula is C15H16ClN3O. The highest BCUT2D eigenvalue weighted by Crippen LogP contribution is 2.22. The molecule has 2 aromatic rings. The molecule has 1 heterocycles. The van der Waals surface area contributed by atoms with Crippen LogP contribution in [0, 0.1) is 6.92 Å². The molecule has 0 saturated heterocycles. The maximum atomic E-state index is 12.3. The van der Waals surface area contributed by atoms with Crippen molar-refractivity contribution >= 4 is 28.9 Å². The van der Waals surface area contributed by atoms with Crippen LogP contribution in [0.1, 0.15) is 22.8 Å². The quantitative estimate of drug-likeness (QED) is 0.843. The lowest BCUT2D eigenvalue weighted by Crippen LogP contribution is -2.15. The third-order valence-electron chi connectivity index (χ3n) is 2.76. The van der Waals surface area contributed by atoms with Crippen molar-refractivity contribution in [1.82, 2.24) is 4.98 Å². The molecule has 0 aliphatic heterocycles. The number of para-hydroxylation sites is 1. The van der Waals surface area contributed by atoms with Crippen molar-refractivity contribution < 1.29 is 4.79 Å². The number of nitrogens with zero attached hydrogens (tertiary/aromatic N) is 1. The molecule has 0 atom stereocenters. The number of carbonyl (C=O) groups is 1. The highest BCUT2D eigenvalue weighted by atomic mass is 35.5. The normalized spacial score (nSPS) is 10.2. The molecule has 0 fully saturated rings. The van der Waals surface area contributed by atoms with Crippen LogP contribution in [-0.4, -0.2) is 17.4 Å². The van der Waals surface area contributed by atoms with Gasteiger partial charge in [-0.05, 0) is 37.6 Å². The van der Waals surface area contributed by atoms with Gasteiger partial charge in [0.1, 0.15) is 0 Å². The van der Waals surface area contributed by atoms with E-state index in [1.807, 2.05) is 32.0 Å². The second-order valence-electron chi connectivity index (χ2n) is 4.38. The molecule has 0 aliphatic carbocycles. The van der Waals surface area contributed by atoms with Crippen LogP contribution in [0.25, 0.3) is 0 Å². The molecule has 0 aliphatic rings. The number of carbonyl (C=O) groups excluding carboxylic acids is 1. The monoisotopic (exact) mass is 289 g/mol. The smallest absolute Gasteiger partial charge is 0.257 e. The average Bonchev–Trinajstić information content (AvgIpc) is 2.44. The Morgan fingerprint density at radius 3 is 2.80 bits per heavy atom. The van der Waals surface area contributed by atoms with Gasteiger partial charge in [-0.15, -0.1) is 0 Å². The molecule has 1 aromatic carbocycles. The summed E-state index contributed by atoms with van der Waals surface area (Å²) >= 11 is 5.99. The van der Waals surface area contributed by atoms with Crippen LogP contribution in [0.2, 0.25) is 5.15 Å². The van der Waals surface area contributed by atoms with Crippen molar-refractivity contribution in [1.29, 1.82) is 0 Å². The summed E-state index contributed by atoms with van der Waals surface area (Å²) in [7, 11) is 0. The van der Waals surface area contributed by atoms with E-state index < -0.39 is 0 Å². The maximum Gasteiger partial charge on any atom is 0.257 e. The molecule has 0 bridgehead atoms. The van der Waals surface area contributed by atoms with Crippen molar-refractivity contribution in [3.8, 4) is 0 Å². The highest BCUT2D eigenvalue weighted by molar-refractivity contribution is 6.32. The van der Waals surface area contributed by atoms with E-state index in [0.29, 0.717) is 11.3 Å². The van der Waals surface area contributed by atoms with Gasteiger partial charge in [0.05, 0.1) is 11.3 Å². The number of aromatic nitrogens is 1. The van der Waals surface area contributed by atoms with Crippen molar-refractivity contribution in [2.45, 2.75) is 13.8 Å². The number of rotatable bonds is 4. The zero-order chi connectivity index (χ0) is 14.5. The molecule has 5 heteroatoms. The third kappa shape index (κ3) is 3.27. The summed E-state index contributed by atoms with van der Waals surface area (Å²) < 4.78 is 0. The van der Waals surface area contributed by atoms with Crippen LogP contribution in [0.15, 0.2) is 36.5 Å². The molecule has 1 aromatic heterocycles. The number of nitrogens with one attached hydrogen (secondary N) is 2. The molecule has 2 N–H and O–H groups in total. The largest absolute Gasteiger partial charge is 0.385 e. The molecule has 2 rings (SSSR count). The predicted molar refractivity (Wildman–Crippen MR) is 82.5 cm³/mol. The zero-order valence-electron chi connectivity index (χ0n) is 11.4. The van der Waals surface area contributed by atoms with Crippen LogP contribution in [0.5, 0.6) is 0 Å². The Kier molecular flexibility index (Phi) is 4.58. The molecule has 0 unspecified atom stereocenters. The van der Waals surface area contributed by atoms with Gasteiger partial charge < -0.3 is 10.6 Å². The SMILES string of the molecule is CCNc1ccccc1C(=O)Nc1cc(C)cnc1Cl. The highest BCUT2D eigenvalue weighted by Gasteiger charge is 2.12. The van der Waals surface area contributed by atoms with Crippen LogP contribution in [0.4, 0.5) is 11.4 Å². The molecule has 4 nitrogen and oxygen atoms in total. The van der Waals surface area contributed by atoms with Gasteiger partial charge in [-0.2, -0.15) is 0 Å². The van der Waals surface area contributed by atoms with Gasteiger partial charge in [0.15, 0.2) is 5.15 Å². The lowest BCUT2D eigenvalue weighted by Gasteiger charge is -2.11. The van der Waals surface area contributed by atoms with Crippen molar-refractivity contribution in [2.24, 2.45) is 0 Å². The topological polar surface area (TPSA) is 54.0 Å². The first-order chi connectivity index (χ1) is 9.61. The van der Waals surface area contributed by atoms with E-state index in [0.717, 1.165) is 17.8 Å². The lowest BCUT2D eigenvalue weighted by molar-refractivity contribution is 0.102. The van der Waals surface area contributed by atoms with E-state index in [-0.39, 0.29) is 11.1 Å². The number of benzene rings is 1. The number of amides is 1. The van der Waals surface area contributed by atoms with Crippen LogP contribution in [0.3, 0.4) is 0 Å². The summed E-state index contributed by atoms with van der Waals surface area (Å²) in [6, 6.07) is 9.14. The fourth-order valence-electron chi connectivity index (χ4n) is 1.86. The van der Waals surface area contributed by atoms with E-state index in [9.17, 15) is 4.79 Å². The number of halogens is 1. The van der Waals surface area contributed by atoms with E-state index in [4.69, 9.17) is 11.6 Å². The molecule has 104 valence electrons. The van der Waals surface area contributed by atoms with E-state index in [1.54, 1.807) is 18.3 Å². The van der Waals surface area contributed by atoms with Gasteiger partial charge in [0.2, 0.25) is 0 Å². The second kappa shape index (κ2) is 6.39. The van der Waals surface area contributed by atoms with Crippen LogP contribution < -0.4 is 10.6 Å². The van der Waals surface area contributed by atoms with Gasteiger partial charge in [0, 0.05) is 18.4 Å². The molecule has 0 radical (unpaired) electrons. The van der Waals surface area contributed by atoms with Crippen molar-refractivity contribution in [2.75, 3.05) is 17.2 Å². The summed E-state index contributed by atoms with van der Waals surface area (Å²) in [6.07, 6.45) is 1.66. The molecule has 0 saturated carbocycles.